The lowest BCUT2D eigenvalue weighted by Gasteiger charge is -2.10. The Bertz CT molecular complexity index is 972. The van der Waals surface area contributed by atoms with Crippen LogP contribution in [0.15, 0.2) is 41.8 Å². The lowest BCUT2D eigenvalue weighted by molar-refractivity contribution is -0.118. The van der Waals surface area contributed by atoms with Crippen molar-refractivity contribution in [1.29, 1.82) is 0 Å². The summed E-state index contributed by atoms with van der Waals surface area (Å²) >= 11 is 1.26. The van der Waals surface area contributed by atoms with Crippen molar-refractivity contribution in [3.63, 3.8) is 0 Å². The summed E-state index contributed by atoms with van der Waals surface area (Å²) in [5.41, 5.74) is 3.29. The second-order valence-corrected chi connectivity index (χ2v) is 6.78. The molecule has 1 N–H and O–H groups in total. The predicted octanol–water partition coefficient (Wildman–Crippen LogP) is 4.59. The SMILES string of the molecule is COc1ccc(-c2csc(NC(=O)COc3cccc(C)c3C)n2)cc1F. The normalized spacial score (nSPS) is 10.5. The van der Waals surface area contributed by atoms with Crippen molar-refractivity contribution in [2.45, 2.75) is 13.8 Å². The first kappa shape index (κ1) is 18.8. The number of nitrogens with one attached hydrogen (secondary N) is 1. The Hall–Kier alpha value is -2.93. The maximum Gasteiger partial charge on any atom is 0.264 e. The minimum Gasteiger partial charge on any atom is -0.494 e. The van der Waals surface area contributed by atoms with Gasteiger partial charge in [0.2, 0.25) is 0 Å². The van der Waals surface area contributed by atoms with Crippen LogP contribution in [0.1, 0.15) is 11.1 Å². The molecule has 27 heavy (non-hydrogen) atoms. The van der Waals surface area contributed by atoms with Crippen molar-refractivity contribution < 1.29 is 18.7 Å². The zero-order valence-corrected chi connectivity index (χ0v) is 16.0. The molecule has 0 saturated carbocycles. The topological polar surface area (TPSA) is 60.5 Å². The summed E-state index contributed by atoms with van der Waals surface area (Å²) in [6.07, 6.45) is 0. The van der Waals surface area contributed by atoms with E-state index in [0.717, 1.165) is 11.1 Å². The Kier molecular flexibility index (Phi) is 5.71. The fraction of sp³-hybridized carbons (Fsp3) is 0.200. The molecule has 0 spiro atoms. The number of methoxy groups -OCH3 is 1. The van der Waals surface area contributed by atoms with Crippen LogP contribution < -0.4 is 14.8 Å². The van der Waals surface area contributed by atoms with E-state index in [0.29, 0.717) is 22.1 Å². The van der Waals surface area contributed by atoms with Crippen molar-refractivity contribution in [3.8, 4) is 22.8 Å². The Labute approximate surface area is 160 Å². The summed E-state index contributed by atoms with van der Waals surface area (Å²) in [6.45, 7) is 3.82. The molecule has 0 unspecified atom stereocenters. The van der Waals surface area contributed by atoms with Gasteiger partial charge < -0.3 is 9.47 Å². The van der Waals surface area contributed by atoms with Crippen LogP contribution in [0.3, 0.4) is 0 Å². The number of amides is 1. The summed E-state index contributed by atoms with van der Waals surface area (Å²) in [5.74, 6) is 0.0815. The molecular weight excluding hydrogens is 367 g/mol. The zero-order chi connectivity index (χ0) is 19.4. The van der Waals surface area contributed by atoms with Crippen LogP contribution in [-0.4, -0.2) is 24.6 Å². The maximum absolute atomic E-state index is 13.8. The number of hydrogen-bond acceptors (Lipinski definition) is 5. The van der Waals surface area contributed by atoms with Crippen LogP contribution in [-0.2, 0) is 4.79 Å². The monoisotopic (exact) mass is 386 g/mol. The lowest BCUT2D eigenvalue weighted by Crippen LogP contribution is -2.20. The quantitative estimate of drug-likeness (QED) is 0.673. The highest BCUT2D eigenvalue weighted by Crippen LogP contribution is 2.28. The van der Waals surface area contributed by atoms with Gasteiger partial charge >= 0.3 is 0 Å². The fourth-order valence-electron chi connectivity index (χ4n) is 2.47. The second kappa shape index (κ2) is 8.18. The molecule has 0 aliphatic heterocycles. The van der Waals surface area contributed by atoms with Gasteiger partial charge in [-0.2, -0.15) is 0 Å². The van der Waals surface area contributed by atoms with Gasteiger partial charge in [0.1, 0.15) is 5.75 Å². The van der Waals surface area contributed by atoms with Crippen LogP contribution in [0.5, 0.6) is 11.5 Å². The minimum atomic E-state index is -0.462. The Morgan fingerprint density at radius 2 is 2.04 bits per heavy atom. The molecule has 0 aliphatic carbocycles. The molecule has 5 nitrogen and oxygen atoms in total. The maximum atomic E-state index is 13.8. The molecule has 1 aromatic heterocycles. The van der Waals surface area contributed by atoms with Crippen molar-refractivity contribution in [3.05, 3.63) is 58.7 Å². The summed E-state index contributed by atoms with van der Waals surface area (Å²) in [6, 6.07) is 10.3. The molecule has 0 aliphatic rings. The Balaban J connectivity index is 1.62. The van der Waals surface area contributed by atoms with Gasteiger partial charge in [0, 0.05) is 10.9 Å². The molecule has 1 amide bonds. The number of ether oxygens (including phenoxy) is 2. The van der Waals surface area contributed by atoms with Gasteiger partial charge in [-0.15, -0.1) is 11.3 Å². The molecular formula is C20H19FN2O3S. The first-order valence-corrected chi connectivity index (χ1v) is 9.14. The number of hydrogen-bond donors (Lipinski definition) is 1. The fourth-order valence-corrected chi connectivity index (χ4v) is 3.20. The summed E-state index contributed by atoms with van der Waals surface area (Å²) in [4.78, 5) is 16.4. The Morgan fingerprint density at radius 1 is 1.22 bits per heavy atom. The number of aryl methyl sites for hydroxylation is 1. The van der Waals surface area contributed by atoms with E-state index in [1.165, 1.54) is 24.5 Å². The molecule has 140 valence electrons. The van der Waals surface area contributed by atoms with E-state index >= 15 is 0 Å². The molecule has 0 atom stereocenters. The molecule has 7 heteroatoms. The van der Waals surface area contributed by atoms with Crippen molar-refractivity contribution in [1.82, 2.24) is 4.98 Å². The molecule has 0 bridgehead atoms. The molecule has 3 aromatic rings. The van der Waals surface area contributed by atoms with Gasteiger partial charge in [-0.1, -0.05) is 12.1 Å². The van der Waals surface area contributed by atoms with Gasteiger partial charge in [0.15, 0.2) is 23.3 Å². The first-order valence-electron chi connectivity index (χ1n) is 8.26. The van der Waals surface area contributed by atoms with Crippen LogP contribution >= 0.6 is 11.3 Å². The number of rotatable bonds is 6. The summed E-state index contributed by atoms with van der Waals surface area (Å²) in [5, 5.41) is 4.88. The number of halogens is 1. The molecule has 0 saturated heterocycles. The number of anilines is 1. The number of benzene rings is 2. The van der Waals surface area contributed by atoms with Crippen molar-refractivity contribution in [2.75, 3.05) is 19.0 Å². The third kappa shape index (κ3) is 4.43. The second-order valence-electron chi connectivity index (χ2n) is 5.92. The molecule has 0 radical (unpaired) electrons. The number of carbonyl (C=O) groups excluding carboxylic acids is 1. The third-order valence-corrected chi connectivity index (χ3v) is 4.87. The standard InChI is InChI=1S/C20H19FN2O3S/c1-12-5-4-6-17(13(12)2)26-10-19(24)23-20-22-16(11-27-20)14-7-8-18(25-3)15(21)9-14/h4-9,11H,10H2,1-3H3,(H,22,23,24). The third-order valence-electron chi connectivity index (χ3n) is 4.11. The molecule has 2 aromatic carbocycles. The van der Waals surface area contributed by atoms with Crippen LogP contribution in [0.4, 0.5) is 9.52 Å². The van der Waals surface area contributed by atoms with E-state index in [1.54, 1.807) is 17.5 Å². The highest BCUT2D eigenvalue weighted by Gasteiger charge is 2.11. The average Bonchev–Trinajstić information content (AvgIpc) is 3.11. The van der Waals surface area contributed by atoms with E-state index < -0.39 is 5.82 Å². The van der Waals surface area contributed by atoms with Gasteiger partial charge in [-0.3, -0.25) is 10.1 Å². The van der Waals surface area contributed by atoms with E-state index in [4.69, 9.17) is 9.47 Å². The number of thiazole rings is 1. The molecule has 3 rings (SSSR count). The highest BCUT2D eigenvalue weighted by atomic mass is 32.1. The van der Waals surface area contributed by atoms with E-state index in [-0.39, 0.29) is 18.3 Å². The average molecular weight is 386 g/mol. The largest absolute Gasteiger partial charge is 0.494 e. The van der Waals surface area contributed by atoms with Crippen LogP contribution in [0.2, 0.25) is 0 Å². The van der Waals surface area contributed by atoms with Gasteiger partial charge in [0.05, 0.1) is 12.8 Å². The van der Waals surface area contributed by atoms with Gasteiger partial charge in [0.25, 0.3) is 5.91 Å². The van der Waals surface area contributed by atoms with Crippen molar-refractivity contribution >= 4 is 22.4 Å². The summed E-state index contributed by atoms with van der Waals surface area (Å²) in [7, 11) is 1.41. The van der Waals surface area contributed by atoms with E-state index in [1.807, 2.05) is 32.0 Å². The zero-order valence-electron chi connectivity index (χ0n) is 15.2. The molecule has 0 fully saturated rings. The van der Waals surface area contributed by atoms with Crippen molar-refractivity contribution in [2.24, 2.45) is 0 Å². The first-order chi connectivity index (χ1) is 13.0. The molecule has 1 heterocycles. The number of carbonyl (C=O) groups is 1. The highest BCUT2D eigenvalue weighted by molar-refractivity contribution is 7.14. The Morgan fingerprint density at radius 3 is 2.78 bits per heavy atom. The minimum absolute atomic E-state index is 0.115. The van der Waals surface area contributed by atoms with Crippen LogP contribution in [0.25, 0.3) is 11.3 Å². The van der Waals surface area contributed by atoms with E-state index in [9.17, 15) is 9.18 Å². The number of nitrogens with zero attached hydrogens (tertiary/aromatic N) is 1. The predicted molar refractivity (Wildman–Crippen MR) is 104 cm³/mol. The summed E-state index contributed by atoms with van der Waals surface area (Å²) < 4.78 is 24.3. The smallest absolute Gasteiger partial charge is 0.264 e. The van der Waals surface area contributed by atoms with Gasteiger partial charge in [-0.25, -0.2) is 9.37 Å². The van der Waals surface area contributed by atoms with Crippen LogP contribution in [0, 0.1) is 19.7 Å². The lowest BCUT2D eigenvalue weighted by atomic mass is 10.1. The van der Waals surface area contributed by atoms with Gasteiger partial charge in [-0.05, 0) is 49.2 Å². The van der Waals surface area contributed by atoms with E-state index in [2.05, 4.69) is 10.3 Å². The number of aromatic nitrogens is 1.